The van der Waals surface area contributed by atoms with Gasteiger partial charge in [-0.05, 0) is 35.4 Å². The molecule has 3 amide bonds. The molecule has 0 spiro atoms. The first-order valence-corrected chi connectivity index (χ1v) is 11.3. The minimum Gasteiger partial charge on any atom is -0.332 e. The van der Waals surface area contributed by atoms with Gasteiger partial charge in [0.2, 0.25) is 11.8 Å². The second-order valence-corrected chi connectivity index (χ2v) is 8.45. The normalized spacial score (nSPS) is 12.6. The van der Waals surface area contributed by atoms with E-state index in [9.17, 15) is 14.4 Å². The molecule has 0 unspecified atom stereocenters. The molecule has 0 heterocycles. The lowest BCUT2D eigenvalue weighted by Crippen LogP contribution is -2.57. The van der Waals surface area contributed by atoms with Crippen LogP contribution in [-0.4, -0.2) is 60.9 Å². The number of rotatable bonds is 8. The van der Waals surface area contributed by atoms with Crippen LogP contribution in [0.5, 0.6) is 0 Å². The van der Waals surface area contributed by atoms with Crippen molar-refractivity contribution in [3.8, 4) is 0 Å². The average Bonchev–Trinajstić information content (AvgIpc) is 2.84. The van der Waals surface area contributed by atoms with E-state index >= 15 is 0 Å². The van der Waals surface area contributed by atoms with Gasteiger partial charge in [0.1, 0.15) is 6.04 Å². The highest BCUT2D eigenvalue weighted by atomic mass is 16.2. The summed E-state index contributed by atoms with van der Waals surface area (Å²) in [6, 6.07) is 22.5. The highest BCUT2D eigenvalue weighted by Gasteiger charge is 2.33. The van der Waals surface area contributed by atoms with Gasteiger partial charge >= 0.3 is 0 Å². The predicted molar refractivity (Wildman–Crippen MR) is 134 cm³/mol. The van der Waals surface area contributed by atoms with E-state index in [0.717, 1.165) is 26.9 Å². The molecule has 0 aliphatic heterocycles. The molecule has 0 aromatic heterocycles. The minimum absolute atomic E-state index is 0.193. The molecule has 3 aromatic rings. The van der Waals surface area contributed by atoms with Gasteiger partial charge in [-0.15, -0.1) is 0 Å². The molecule has 3 aromatic carbocycles. The summed E-state index contributed by atoms with van der Waals surface area (Å²) in [4.78, 5) is 39.8. The third-order valence-corrected chi connectivity index (χ3v) is 5.93. The van der Waals surface area contributed by atoms with Gasteiger partial charge in [0.05, 0.1) is 6.04 Å². The summed E-state index contributed by atoms with van der Waals surface area (Å²) in [7, 11) is 4.87. The molecule has 34 heavy (non-hydrogen) atoms. The molecule has 0 radical (unpaired) electrons. The van der Waals surface area contributed by atoms with Crippen molar-refractivity contribution < 1.29 is 14.4 Å². The molecular formula is C27H32N4O3. The van der Waals surface area contributed by atoms with Crippen molar-refractivity contribution in [1.29, 1.82) is 0 Å². The zero-order valence-corrected chi connectivity index (χ0v) is 20.1. The summed E-state index contributed by atoms with van der Waals surface area (Å²) >= 11 is 0. The fraction of sp³-hybridized carbons (Fsp3) is 0.296. The van der Waals surface area contributed by atoms with Crippen LogP contribution >= 0.6 is 0 Å². The van der Waals surface area contributed by atoms with Crippen molar-refractivity contribution in [2.24, 2.45) is 0 Å². The molecule has 2 N–H and O–H groups in total. The molecule has 7 nitrogen and oxygen atoms in total. The van der Waals surface area contributed by atoms with E-state index in [1.807, 2.05) is 54.6 Å². The van der Waals surface area contributed by atoms with Gasteiger partial charge in [-0.1, -0.05) is 72.8 Å². The van der Waals surface area contributed by atoms with Crippen LogP contribution in [0.25, 0.3) is 10.8 Å². The zero-order chi connectivity index (χ0) is 24.7. The van der Waals surface area contributed by atoms with Gasteiger partial charge in [0.25, 0.3) is 5.91 Å². The van der Waals surface area contributed by atoms with Gasteiger partial charge in [-0.3, -0.25) is 24.8 Å². The molecular weight excluding hydrogens is 428 g/mol. The number of benzene rings is 3. The largest absolute Gasteiger partial charge is 0.332 e. The number of nitrogens with one attached hydrogen (secondary N) is 2. The van der Waals surface area contributed by atoms with E-state index in [4.69, 9.17) is 0 Å². The standard InChI is InChI=1S/C27H32N4O3/c1-19(32)29-31(4)27(34)25(18-20-10-6-5-7-11-20)30(3)26(33)24(28-2)17-21-14-15-22-12-8-9-13-23(22)16-21/h5-16,24-25,28H,17-18H2,1-4H3,(H,29,32)/t24-,25-/m1/s1. The maximum absolute atomic E-state index is 13.5. The SMILES string of the molecule is CN[C@H](Cc1ccc2ccccc2c1)C(=O)N(C)[C@H](Cc1ccccc1)C(=O)N(C)NC(C)=O. The number of likely N-dealkylation sites (N-methyl/N-ethyl adjacent to an activating group) is 3. The van der Waals surface area contributed by atoms with Crippen molar-refractivity contribution >= 4 is 28.5 Å². The molecule has 0 aliphatic carbocycles. The molecule has 0 saturated heterocycles. The van der Waals surface area contributed by atoms with Crippen LogP contribution in [0.15, 0.2) is 72.8 Å². The summed E-state index contributed by atoms with van der Waals surface area (Å²) in [6.07, 6.45) is 0.816. The summed E-state index contributed by atoms with van der Waals surface area (Å²) in [5.41, 5.74) is 4.45. The Hall–Kier alpha value is -3.71. The number of amides is 3. The lowest BCUT2D eigenvalue weighted by atomic mass is 9.99. The lowest BCUT2D eigenvalue weighted by molar-refractivity contribution is -0.148. The smallest absolute Gasteiger partial charge is 0.263 e. The first-order valence-electron chi connectivity index (χ1n) is 11.3. The number of carbonyl (C=O) groups is 3. The minimum atomic E-state index is -0.779. The van der Waals surface area contributed by atoms with E-state index in [1.54, 1.807) is 14.1 Å². The fourth-order valence-electron chi connectivity index (χ4n) is 4.06. The van der Waals surface area contributed by atoms with E-state index in [-0.39, 0.29) is 17.7 Å². The Bertz CT molecular complexity index is 1150. The Morgan fingerprint density at radius 2 is 1.44 bits per heavy atom. The summed E-state index contributed by atoms with van der Waals surface area (Å²) in [6.45, 7) is 1.34. The monoisotopic (exact) mass is 460 g/mol. The second-order valence-electron chi connectivity index (χ2n) is 8.45. The third kappa shape index (κ3) is 6.20. The van der Waals surface area contributed by atoms with Crippen LogP contribution in [0.2, 0.25) is 0 Å². The lowest BCUT2D eigenvalue weighted by Gasteiger charge is -2.33. The molecule has 0 fully saturated rings. The van der Waals surface area contributed by atoms with Crippen molar-refractivity contribution in [2.75, 3.05) is 21.1 Å². The second kappa shape index (κ2) is 11.4. The van der Waals surface area contributed by atoms with Crippen LogP contribution in [-0.2, 0) is 27.2 Å². The first kappa shape index (κ1) is 24.9. The first-order chi connectivity index (χ1) is 16.3. The highest BCUT2D eigenvalue weighted by Crippen LogP contribution is 2.18. The van der Waals surface area contributed by atoms with Gasteiger partial charge < -0.3 is 10.2 Å². The fourth-order valence-corrected chi connectivity index (χ4v) is 4.06. The number of hydrazine groups is 1. The van der Waals surface area contributed by atoms with Gasteiger partial charge in [0.15, 0.2) is 0 Å². The van der Waals surface area contributed by atoms with E-state index in [0.29, 0.717) is 12.8 Å². The Balaban J connectivity index is 1.82. The number of hydrogen-bond acceptors (Lipinski definition) is 4. The van der Waals surface area contributed by atoms with Crippen molar-refractivity contribution in [2.45, 2.75) is 31.8 Å². The summed E-state index contributed by atoms with van der Waals surface area (Å²) < 4.78 is 0. The number of nitrogens with zero attached hydrogens (tertiary/aromatic N) is 2. The summed E-state index contributed by atoms with van der Waals surface area (Å²) in [5.74, 6) is -0.913. The zero-order valence-electron chi connectivity index (χ0n) is 20.1. The quantitative estimate of drug-likeness (QED) is 0.506. The van der Waals surface area contributed by atoms with E-state index in [2.05, 4.69) is 28.9 Å². The van der Waals surface area contributed by atoms with Crippen LogP contribution in [0.1, 0.15) is 18.1 Å². The maximum Gasteiger partial charge on any atom is 0.263 e. The number of hydrogen-bond donors (Lipinski definition) is 2. The Labute approximate surface area is 200 Å². The van der Waals surface area contributed by atoms with Crippen LogP contribution in [0, 0.1) is 0 Å². The van der Waals surface area contributed by atoms with Crippen molar-refractivity contribution in [1.82, 2.24) is 20.7 Å². The topological polar surface area (TPSA) is 81.8 Å². The molecule has 2 atom stereocenters. The average molecular weight is 461 g/mol. The molecule has 3 rings (SSSR count). The van der Waals surface area contributed by atoms with Crippen LogP contribution in [0.3, 0.4) is 0 Å². The van der Waals surface area contributed by atoms with Crippen molar-refractivity contribution in [3.63, 3.8) is 0 Å². The molecule has 7 heteroatoms. The third-order valence-electron chi connectivity index (χ3n) is 5.93. The van der Waals surface area contributed by atoms with E-state index in [1.165, 1.54) is 18.9 Å². The molecule has 0 aliphatic rings. The van der Waals surface area contributed by atoms with Crippen LogP contribution in [0.4, 0.5) is 0 Å². The molecule has 178 valence electrons. The van der Waals surface area contributed by atoms with Gasteiger partial charge in [-0.25, -0.2) is 0 Å². The Morgan fingerprint density at radius 1 is 0.794 bits per heavy atom. The maximum atomic E-state index is 13.5. The summed E-state index contributed by atoms with van der Waals surface area (Å²) in [5, 5.41) is 6.52. The number of carbonyl (C=O) groups excluding carboxylic acids is 3. The highest BCUT2D eigenvalue weighted by molar-refractivity contribution is 5.91. The van der Waals surface area contributed by atoms with Crippen molar-refractivity contribution in [3.05, 3.63) is 83.9 Å². The van der Waals surface area contributed by atoms with E-state index < -0.39 is 12.1 Å². The van der Waals surface area contributed by atoms with Gasteiger partial charge in [-0.2, -0.15) is 0 Å². The Morgan fingerprint density at radius 3 is 2.09 bits per heavy atom. The molecule has 0 bridgehead atoms. The Kier molecular flexibility index (Phi) is 8.38. The number of fused-ring (bicyclic) bond motifs is 1. The molecule has 0 saturated carbocycles. The van der Waals surface area contributed by atoms with Gasteiger partial charge in [0, 0.05) is 27.4 Å². The van der Waals surface area contributed by atoms with Crippen LogP contribution < -0.4 is 10.7 Å². The predicted octanol–water partition coefficient (Wildman–Crippen LogP) is 2.55.